The summed E-state index contributed by atoms with van der Waals surface area (Å²) in [6.45, 7) is 4.06. The highest BCUT2D eigenvalue weighted by Crippen LogP contribution is 2.49. The van der Waals surface area contributed by atoms with Crippen molar-refractivity contribution in [1.82, 2.24) is 0 Å². The van der Waals surface area contributed by atoms with Crippen molar-refractivity contribution in [1.29, 1.82) is 0 Å². The van der Waals surface area contributed by atoms with Gasteiger partial charge in [0.1, 0.15) is 4.75 Å². The van der Waals surface area contributed by atoms with Crippen molar-refractivity contribution in [3.63, 3.8) is 0 Å². The summed E-state index contributed by atoms with van der Waals surface area (Å²) in [5, 5.41) is 0. The van der Waals surface area contributed by atoms with Crippen LogP contribution in [0.3, 0.4) is 0 Å². The molecule has 0 aliphatic rings. The normalized spacial score (nSPS) is 11.9. The number of esters is 1. The predicted octanol–water partition coefficient (Wildman–Crippen LogP) is 6.04. The van der Waals surface area contributed by atoms with Gasteiger partial charge in [0.25, 0.3) is 0 Å². The van der Waals surface area contributed by atoms with Gasteiger partial charge in [-0.2, -0.15) is 0 Å². The monoisotopic (exact) mass is 403 g/mol. The summed E-state index contributed by atoms with van der Waals surface area (Å²) in [6, 6.07) is 31.1. The molecule has 0 saturated carbocycles. The molecule has 3 aromatic rings. The lowest BCUT2D eigenvalue weighted by Crippen LogP contribution is -2.25. The zero-order chi connectivity index (χ0) is 20.5. The van der Waals surface area contributed by atoms with Gasteiger partial charge >= 0.3 is 5.97 Å². The lowest BCUT2D eigenvalue weighted by Gasteiger charge is -2.33. The molecule has 0 bridgehead atoms. The molecule has 0 heterocycles. The minimum Gasteiger partial charge on any atom is -0.466 e. The number of benzene rings is 3. The van der Waals surface area contributed by atoms with Gasteiger partial charge in [0.05, 0.1) is 13.0 Å². The number of hydrogen-bond acceptors (Lipinski definition) is 4. The number of carbonyl (C=O) groups is 1. The first-order valence-corrected chi connectivity index (χ1v) is 10.5. The summed E-state index contributed by atoms with van der Waals surface area (Å²) in [6.07, 6.45) is 0.190. The third-order valence-electron chi connectivity index (χ3n) is 4.58. The Kier molecular flexibility index (Phi) is 7.25. The van der Waals surface area contributed by atoms with Crippen molar-refractivity contribution in [2.45, 2.75) is 25.0 Å². The van der Waals surface area contributed by atoms with Crippen molar-refractivity contribution in [3.05, 3.63) is 108 Å². The van der Waals surface area contributed by atoms with Crippen molar-refractivity contribution in [3.8, 4) is 0 Å². The predicted molar refractivity (Wildman–Crippen MR) is 121 cm³/mol. The summed E-state index contributed by atoms with van der Waals surface area (Å²) in [4.78, 5) is 11.9. The van der Waals surface area contributed by atoms with Crippen LogP contribution in [0.25, 0.3) is 0 Å². The molecule has 0 N–H and O–H groups in total. The molecule has 0 amide bonds. The van der Waals surface area contributed by atoms with Crippen LogP contribution in [0.4, 0.5) is 0 Å². The van der Waals surface area contributed by atoms with Crippen LogP contribution in [0.2, 0.25) is 0 Å². The van der Waals surface area contributed by atoms with E-state index < -0.39 is 4.75 Å². The molecule has 0 unspecified atom stereocenters. The molecular formula is C25H25NO2S. The zero-order valence-corrected chi connectivity index (χ0v) is 17.6. The molecular weight excluding hydrogens is 378 g/mol. The molecule has 148 valence electrons. The Morgan fingerprint density at radius 3 is 1.62 bits per heavy atom. The zero-order valence-electron chi connectivity index (χ0n) is 16.7. The van der Waals surface area contributed by atoms with Crippen LogP contribution >= 0.6 is 11.9 Å². The summed E-state index contributed by atoms with van der Waals surface area (Å²) in [5.74, 6) is -0.251. The van der Waals surface area contributed by atoms with E-state index in [1.165, 1.54) is 11.9 Å². The molecule has 0 fully saturated rings. The van der Waals surface area contributed by atoms with Crippen LogP contribution in [0, 0.1) is 0 Å². The van der Waals surface area contributed by atoms with E-state index in [0.717, 1.165) is 22.4 Å². The Balaban J connectivity index is 2.11. The van der Waals surface area contributed by atoms with E-state index in [1.54, 1.807) is 0 Å². The van der Waals surface area contributed by atoms with Crippen LogP contribution in [-0.2, 0) is 14.3 Å². The van der Waals surface area contributed by atoms with Gasteiger partial charge < -0.3 is 4.74 Å². The van der Waals surface area contributed by atoms with Gasteiger partial charge in [0.2, 0.25) is 0 Å². The summed E-state index contributed by atoms with van der Waals surface area (Å²) in [7, 11) is 0. The van der Waals surface area contributed by atoms with Crippen LogP contribution in [0.1, 0.15) is 37.0 Å². The molecule has 0 aliphatic carbocycles. The molecule has 0 saturated heterocycles. The molecule has 0 aromatic heterocycles. The van der Waals surface area contributed by atoms with Crippen LogP contribution in [-0.4, -0.2) is 18.3 Å². The Hall–Kier alpha value is -2.85. The Bertz CT molecular complexity index is 844. The SMILES string of the molecule is CCOC(=O)C/C(C)=N\SC(c1ccccc1)(c1ccccc1)c1ccccc1. The van der Waals surface area contributed by atoms with Gasteiger partial charge in [-0.25, -0.2) is 4.40 Å². The topological polar surface area (TPSA) is 38.7 Å². The summed E-state index contributed by atoms with van der Waals surface area (Å²) in [5.41, 5.74) is 4.14. The van der Waals surface area contributed by atoms with Gasteiger partial charge in [-0.1, -0.05) is 91.0 Å². The molecule has 0 spiro atoms. The first-order valence-electron chi connectivity index (χ1n) is 9.70. The molecule has 3 rings (SSSR count). The first kappa shape index (κ1) is 20.9. The van der Waals surface area contributed by atoms with Crippen LogP contribution < -0.4 is 0 Å². The van der Waals surface area contributed by atoms with Gasteiger partial charge in [-0.15, -0.1) is 0 Å². The maximum absolute atomic E-state index is 11.9. The van der Waals surface area contributed by atoms with Gasteiger partial charge in [-0.3, -0.25) is 4.79 Å². The molecule has 3 aromatic carbocycles. The fraction of sp³-hybridized carbons (Fsp3) is 0.200. The van der Waals surface area contributed by atoms with E-state index >= 15 is 0 Å². The second kappa shape index (κ2) is 10.1. The lowest BCUT2D eigenvalue weighted by atomic mass is 9.84. The minimum absolute atomic E-state index is 0.190. The first-order chi connectivity index (χ1) is 14.2. The van der Waals surface area contributed by atoms with Crippen LogP contribution in [0.15, 0.2) is 95.4 Å². The third kappa shape index (κ3) is 4.96. The van der Waals surface area contributed by atoms with E-state index in [9.17, 15) is 4.79 Å². The van der Waals surface area contributed by atoms with Crippen molar-refractivity contribution in [2.75, 3.05) is 6.61 Å². The van der Waals surface area contributed by atoms with Gasteiger partial charge in [0.15, 0.2) is 0 Å². The number of carbonyl (C=O) groups excluding carboxylic acids is 1. The standard InChI is InChI=1S/C25H25NO2S/c1-3-28-24(27)19-20(2)26-29-25(21-13-7-4-8-14-21,22-15-9-5-10-16-22)23-17-11-6-12-18-23/h4-18H,3,19H2,1-2H3/b26-20-. The van der Waals surface area contributed by atoms with Crippen molar-refractivity contribution in [2.24, 2.45) is 4.40 Å². The number of ether oxygens (including phenoxy) is 1. The highest BCUT2D eigenvalue weighted by molar-refractivity contribution is 7.99. The second-order valence-corrected chi connectivity index (χ2v) is 7.66. The maximum Gasteiger partial charge on any atom is 0.311 e. The third-order valence-corrected chi connectivity index (χ3v) is 5.97. The second-order valence-electron chi connectivity index (χ2n) is 6.68. The average molecular weight is 404 g/mol. The molecule has 0 aliphatic heterocycles. The van der Waals surface area contributed by atoms with Crippen molar-refractivity contribution >= 4 is 23.6 Å². The fourth-order valence-electron chi connectivity index (χ4n) is 3.28. The van der Waals surface area contributed by atoms with Gasteiger partial charge in [0, 0.05) is 5.71 Å². The van der Waals surface area contributed by atoms with Crippen molar-refractivity contribution < 1.29 is 9.53 Å². The van der Waals surface area contributed by atoms with E-state index in [0.29, 0.717) is 6.61 Å². The quantitative estimate of drug-likeness (QED) is 0.199. The van der Waals surface area contributed by atoms with Gasteiger partial charge in [-0.05, 0) is 42.5 Å². The smallest absolute Gasteiger partial charge is 0.311 e. The molecule has 0 atom stereocenters. The lowest BCUT2D eigenvalue weighted by molar-refractivity contribution is -0.141. The summed E-state index contributed by atoms with van der Waals surface area (Å²) >= 11 is 1.48. The number of hydrogen-bond donors (Lipinski definition) is 0. The molecule has 29 heavy (non-hydrogen) atoms. The average Bonchev–Trinajstić information content (AvgIpc) is 2.76. The van der Waals surface area contributed by atoms with E-state index in [-0.39, 0.29) is 12.4 Å². The largest absolute Gasteiger partial charge is 0.466 e. The highest BCUT2D eigenvalue weighted by atomic mass is 32.2. The Morgan fingerprint density at radius 2 is 1.24 bits per heavy atom. The van der Waals surface area contributed by atoms with E-state index in [1.807, 2.05) is 68.4 Å². The van der Waals surface area contributed by atoms with E-state index in [2.05, 4.69) is 36.4 Å². The number of rotatable bonds is 8. The minimum atomic E-state index is -0.528. The van der Waals surface area contributed by atoms with Crippen LogP contribution in [0.5, 0.6) is 0 Å². The van der Waals surface area contributed by atoms with E-state index in [4.69, 9.17) is 9.13 Å². The highest BCUT2D eigenvalue weighted by Gasteiger charge is 2.37. The fourth-order valence-corrected chi connectivity index (χ4v) is 4.36. The Labute approximate surface area is 177 Å². The Morgan fingerprint density at radius 1 is 0.828 bits per heavy atom. The maximum atomic E-state index is 11.9. The molecule has 0 radical (unpaired) electrons. The molecule has 3 nitrogen and oxygen atoms in total. The number of nitrogens with zero attached hydrogens (tertiary/aromatic N) is 1. The summed E-state index contributed by atoms with van der Waals surface area (Å²) < 4.78 is 9.32. The molecule has 4 heteroatoms.